The molecule has 0 unspecified atom stereocenters. The Hall–Kier alpha value is -1.22. The van der Waals surface area contributed by atoms with Gasteiger partial charge in [-0.2, -0.15) is 0 Å². The van der Waals surface area contributed by atoms with Crippen LogP contribution in [-0.2, 0) is 0 Å². The fraction of sp³-hybridized carbons (Fsp3) is 0.188. The number of halogens is 3. The number of benzene rings is 2. The Balaban J connectivity index is 2.43. The first kappa shape index (κ1) is 16.2. The highest BCUT2D eigenvalue weighted by molar-refractivity contribution is 6.37. The molecule has 0 fully saturated rings. The Morgan fingerprint density at radius 1 is 1.05 bits per heavy atom. The molecule has 2 aromatic carbocycles. The summed E-state index contributed by atoms with van der Waals surface area (Å²) in [6.45, 7) is 4.16. The van der Waals surface area contributed by atoms with Crippen LogP contribution in [0.1, 0.15) is 28.4 Å². The first-order valence-electron chi connectivity index (χ1n) is 6.36. The van der Waals surface area contributed by atoms with Gasteiger partial charge in [0.05, 0.1) is 16.7 Å². The van der Waals surface area contributed by atoms with Crippen LogP contribution >= 0.6 is 34.8 Å². The molecule has 0 saturated heterocycles. The van der Waals surface area contributed by atoms with Gasteiger partial charge in [-0.3, -0.25) is 4.79 Å². The number of carbonyl (C=O) groups excluding carboxylic acids is 1. The highest BCUT2D eigenvalue weighted by atomic mass is 35.5. The predicted octanol–water partition coefficient (Wildman–Crippen LogP) is 5.58. The largest absolute Gasteiger partial charge is 0.492 e. The molecule has 0 radical (unpaired) electrons. The van der Waals surface area contributed by atoms with E-state index in [1.165, 1.54) is 6.07 Å². The van der Waals surface area contributed by atoms with E-state index in [0.29, 0.717) is 38.6 Å². The van der Waals surface area contributed by atoms with E-state index >= 15 is 0 Å². The lowest BCUT2D eigenvalue weighted by Gasteiger charge is -2.10. The zero-order valence-electron chi connectivity index (χ0n) is 11.5. The molecular formula is C16H13Cl3O2. The molecule has 0 spiro atoms. The number of ketones is 1. The van der Waals surface area contributed by atoms with Crippen LogP contribution in [-0.4, -0.2) is 12.4 Å². The molecule has 21 heavy (non-hydrogen) atoms. The number of aryl methyl sites for hydroxylation is 1. The molecule has 0 aliphatic carbocycles. The molecule has 0 amide bonds. The zero-order valence-corrected chi connectivity index (χ0v) is 13.8. The van der Waals surface area contributed by atoms with Crippen molar-refractivity contribution < 1.29 is 9.53 Å². The van der Waals surface area contributed by atoms with Gasteiger partial charge in [-0.1, -0.05) is 34.8 Å². The summed E-state index contributed by atoms with van der Waals surface area (Å²) in [6, 6.07) is 8.17. The Labute approximate surface area is 138 Å². The van der Waals surface area contributed by atoms with E-state index in [1.807, 2.05) is 13.8 Å². The Morgan fingerprint density at radius 2 is 1.76 bits per heavy atom. The van der Waals surface area contributed by atoms with E-state index in [-0.39, 0.29) is 5.78 Å². The number of carbonyl (C=O) groups is 1. The first-order valence-corrected chi connectivity index (χ1v) is 7.50. The van der Waals surface area contributed by atoms with Crippen LogP contribution < -0.4 is 4.74 Å². The van der Waals surface area contributed by atoms with E-state index in [1.54, 1.807) is 24.3 Å². The van der Waals surface area contributed by atoms with Crippen molar-refractivity contribution in [1.82, 2.24) is 0 Å². The standard InChI is InChI=1S/C16H13Cl3O2/c1-3-21-15-8-13(18)11(7-14(15)19)16(20)10-4-5-12(17)9(2)6-10/h4-8H,3H2,1-2H3. The van der Waals surface area contributed by atoms with Gasteiger partial charge in [0.25, 0.3) is 0 Å². The third kappa shape index (κ3) is 3.52. The van der Waals surface area contributed by atoms with E-state index in [0.717, 1.165) is 5.56 Å². The molecule has 0 aromatic heterocycles. The van der Waals surface area contributed by atoms with Gasteiger partial charge < -0.3 is 4.74 Å². The molecule has 0 atom stereocenters. The van der Waals surface area contributed by atoms with E-state index in [9.17, 15) is 4.79 Å². The number of hydrogen-bond donors (Lipinski definition) is 0. The summed E-state index contributed by atoms with van der Waals surface area (Å²) in [7, 11) is 0. The maximum absolute atomic E-state index is 12.5. The predicted molar refractivity (Wildman–Crippen MR) is 87.3 cm³/mol. The summed E-state index contributed by atoms with van der Waals surface area (Å²) >= 11 is 18.2. The molecule has 2 rings (SSSR count). The molecule has 0 heterocycles. The molecule has 0 N–H and O–H groups in total. The van der Waals surface area contributed by atoms with Gasteiger partial charge in [0.1, 0.15) is 5.75 Å². The normalized spacial score (nSPS) is 10.5. The maximum Gasteiger partial charge on any atom is 0.194 e. The highest BCUT2D eigenvalue weighted by Gasteiger charge is 2.17. The number of hydrogen-bond acceptors (Lipinski definition) is 2. The van der Waals surface area contributed by atoms with Crippen molar-refractivity contribution >= 4 is 40.6 Å². The summed E-state index contributed by atoms with van der Waals surface area (Å²) in [6.07, 6.45) is 0. The monoisotopic (exact) mass is 342 g/mol. The zero-order chi connectivity index (χ0) is 15.6. The molecule has 110 valence electrons. The van der Waals surface area contributed by atoms with Gasteiger partial charge in [-0.15, -0.1) is 0 Å². The van der Waals surface area contributed by atoms with Crippen molar-refractivity contribution in [1.29, 1.82) is 0 Å². The third-order valence-electron chi connectivity index (χ3n) is 2.99. The quantitative estimate of drug-likeness (QED) is 0.677. The molecule has 5 heteroatoms. The highest BCUT2D eigenvalue weighted by Crippen LogP contribution is 2.32. The van der Waals surface area contributed by atoms with Gasteiger partial charge in [0.2, 0.25) is 0 Å². The van der Waals surface area contributed by atoms with Gasteiger partial charge >= 0.3 is 0 Å². The van der Waals surface area contributed by atoms with Crippen LogP contribution in [0.2, 0.25) is 15.1 Å². The van der Waals surface area contributed by atoms with E-state index < -0.39 is 0 Å². The number of ether oxygens (including phenoxy) is 1. The van der Waals surface area contributed by atoms with Crippen LogP contribution in [0.4, 0.5) is 0 Å². The van der Waals surface area contributed by atoms with Crippen molar-refractivity contribution in [2.75, 3.05) is 6.61 Å². The minimum absolute atomic E-state index is 0.204. The van der Waals surface area contributed by atoms with E-state index in [4.69, 9.17) is 39.5 Å². The lowest BCUT2D eigenvalue weighted by Crippen LogP contribution is -2.04. The lowest BCUT2D eigenvalue weighted by atomic mass is 10.0. The van der Waals surface area contributed by atoms with Crippen LogP contribution in [0, 0.1) is 6.92 Å². The fourth-order valence-corrected chi connectivity index (χ4v) is 2.49. The Bertz CT molecular complexity index is 696. The maximum atomic E-state index is 12.5. The fourth-order valence-electron chi connectivity index (χ4n) is 1.91. The third-order valence-corrected chi connectivity index (χ3v) is 4.02. The summed E-state index contributed by atoms with van der Waals surface area (Å²) in [4.78, 5) is 12.5. The Kier molecular flexibility index (Phi) is 5.15. The summed E-state index contributed by atoms with van der Waals surface area (Å²) in [5.41, 5.74) is 1.68. The minimum atomic E-state index is -0.204. The van der Waals surface area contributed by atoms with E-state index in [2.05, 4.69) is 0 Å². The molecule has 0 aliphatic heterocycles. The number of rotatable bonds is 4. The van der Waals surface area contributed by atoms with Crippen molar-refractivity contribution in [3.63, 3.8) is 0 Å². The average molecular weight is 344 g/mol. The van der Waals surface area contributed by atoms with Gasteiger partial charge in [0, 0.05) is 22.2 Å². The molecular weight excluding hydrogens is 331 g/mol. The minimum Gasteiger partial charge on any atom is -0.492 e. The van der Waals surface area contributed by atoms with Gasteiger partial charge in [-0.25, -0.2) is 0 Å². The van der Waals surface area contributed by atoms with Crippen molar-refractivity contribution in [3.8, 4) is 5.75 Å². The smallest absolute Gasteiger partial charge is 0.194 e. The van der Waals surface area contributed by atoms with Crippen LogP contribution in [0.15, 0.2) is 30.3 Å². The second-order valence-corrected chi connectivity index (χ2v) is 5.71. The van der Waals surface area contributed by atoms with Crippen molar-refractivity contribution in [2.24, 2.45) is 0 Å². The van der Waals surface area contributed by atoms with Crippen LogP contribution in [0.3, 0.4) is 0 Å². The summed E-state index contributed by atoms with van der Waals surface area (Å²) < 4.78 is 5.35. The topological polar surface area (TPSA) is 26.3 Å². The first-order chi connectivity index (χ1) is 9.93. The SMILES string of the molecule is CCOc1cc(Cl)c(C(=O)c2ccc(Cl)c(C)c2)cc1Cl. The average Bonchev–Trinajstić information content (AvgIpc) is 2.45. The molecule has 0 aliphatic rings. The van der Waals surface area contributed by atoms with Crippen LogP contribution in [0.25, 0.3) is 0 Å². The Morgan fingerprint density at radius 3 is 2.38 bits per heavy atom. The molecule has 2 aromatic rings. The summed E-state index contributed by atoms with van der Waals surface area (Å²) in [5, 5.41) is 1.28. The molecule has 2 nitrogen and oxygen atoms in total. The van der Waals surface area contributed by atoms with Crippen molar-refractivity contribution in [2.45, 2.75) is 13.8 Å². The summed E-state index contributed by atoms with van der Waals surface area (Å²) in [5.74, 6) is 0.262. The van der Waals surface area contributed by atoms with Crippen LogP contribution in [0.5, 0.6) is 5.75 Å². The lowest BCUT2D eigenvalue weighted by molar-refractivity contribution is 0.103. The van der Waals surface area contributed by atoms with Gasteiger partial charge in [-0.05, 0) is 43.7 Å². The molecule has 0 bridgehead atoms. The van der Waals surface area contributed by atoms with Crippen molar-refractivity contribution in [3.05, 3.63) is 62.1 Å². The second-order valence-electron chi connectivity index (χ2n) is 4.49. The molecule has 0 saturated carbocycles. The second kappa shape index (κ2) is 6.69. The van der Waals surface area contributed by atoms with Gasteiger partial charge in [0.15, 0.2) is 5.78 Å².